The first-order valence-electron chi connectivity index (χ1n) is 5.09. The average Bonchev–Trinajstić information content (AvgIpc) is 2.61. The molecule has 0 saturated heterocycles. The van der Waals surface area contributed by atoms with Crippen molar-refractivity contribution in [3.63, 3.8) is 0 Å². The lowest BCUT2D eigenvalue weighted by atomic mass is 9.86. The van der Waals surface area contributed by atoms with Gasteiger partial charge in [0.1, 0.15) is 0 Å². The summed E-state index contributed by atoms with van der Waals surface area (Å²) in [5.41, 5.74) is 5.67. The molecule has 2 rings (SSSR count). The summed E-state index contributed by atoms with van der Waals surface area (Å²) < 4.78 is 4.70. The maximum atomic E-state index is 10.8. The Hall–Kier alpha value is -1.59. The Bertz CT molecular complexity index is 369. The first-order chi connectivity index (χ1) is 7.20. The lowest BCUT2D eigenvalue weighted by molar-refractivity contribution is -0.385. The summed E-state index contributed by atoms with van der Waals surface area (Å²) >= 11 is 0. The molecular formula is C9H13N3O3. The number of anilines is 1. The van der Waals surface area contributed by atoms with Crippen molar-refractivity contribution < 1.29 is 9.45 Å². The predicted octanol–water partition coefficient (Wildman–Crippen LogP) is 2.21. The number of nitrogens with zero attached hydrogens (tertiary/aromatic N) is 2. The number of hydrogen-bond donors (Lipinski definition) is 1. The highest BCUT2D eigenvalue weighted by molar-refractivity contribution is 5.54. The van der Waals surface area contributed by atoms with Crippen molar-refractivity contribution in [2.24, 2.45) is 0 Å². The molecule has 82 valence electrons. The Morgan fingerprint density at radius 1 is 1.40 bits per heavy atom. The van der Waals surface area contributed by atoms with Crippen LogP contribution in [0.15, 0.2) is 4.52 Å². The molecule has 15 heavy (non-hydrogen) atoms. The summed E-state index contributed by atoms with van der Waals surface area (Å²) in [4.78, 5) is 10.3. The molecule has 0 amide bonds. The van der Waals surface area contributed by atoms with E-state index in [-0.39, 0.29) is 17.5 Å². The maximum absolute atomic E-state index is 10.8. The SMILES string of the molecule is Nc1onc(C2CCCCC2)c1[N+](=O)[O-]. The molecule has 0 atom stereocenters. The van der Waals surface area contributed by atoms with E-state index in [1.54, 1.807) is 0 Å². The normalized spacial score (nSPS) is 17.9. The van der Waals surface area contributed by atoms with Gasteiger partial charge in [0.2, 0.25) is 0 Å². The molecule has 0 bridgehead atoms. The smallest absolute Gasteiger partial charge is 0.356 e. The summed E-state index contributed by atoms with van der Waals surface area (Å²) in [6, 6.07) is 0. The van der Waals surface area contributed by atoms with E-state index in [1.807, 2.05) is 0 Å². The third kappa shape index (κ3) is 1.79. The Labute approximate surface area is 86.6 Å². The fourth-order valence-corrected chi connectivity index (χ4v) is 2.14. The van der Waals surface area contributed by atoms with E-state index < -0.39 is 4.92 Å². The number of nitro groups is 1. The van der Waals surface area contributed by atoms with Crippen LogP contribution in [0.25, 0.3) is 0 Å². The Kier molecular flexibility index (Phi) is 2.57. The van der Waals surface area contributed by atoms with Crippen molar-refractivity contribution in [1.82, 2.24) is 5.16 Å². The van der Waals surface area contributed by atoms with Crippen LogP contribution in [0.4, 0.5) is 11.6 Å². The van der Waals surface area contributed by atoms with E-state index in [2.05, 4.69) is 5.16 Å². The molecule has 1 saturated carbocycles. The van der Waals surface area contributed by atoms with Crippen LogP contribution < -0.4 is 5.73 Å². The molecule has 1 aliphatic rings. The van der Waals surface area contributed by atoms with Crippen LogP contribution in [0, 0.1) is 10.1 Å². The molecule has 1 fully saturated rings. The highest BCUT2D eigenvalue weighted by Crippen LogP contribution is 2.38. The summed E-state index contributed by atoms with van der Waals surface area (Å²) in [7, 11) is 0. The van der Waals surface area contributed by atoms with Gasteiger partial charge in [-0.15, -0.1) is 0 Å². The minimum Gasteiger partial charge on any atom is -0.362 e. The molecule has 1 aliphatic carbocycles. The minimum absolute atomic E-state index is 0.137. The second-order valence-corrected chi connectivity index (χ2v) is 3.87. The zero-order valence-corrected chi connectivity index (χ0v) is 8.31. The monoisotopic (exact) mass is 211 g/mol. The molecule has 0 radical (unpaired) electrons. The molecule has 0 spiro atoms. The first-order valence-corrected chi connectivity index (χ1v) is 5.09. The zero-order chi connectivity index (χ0) is 10.8. The van der Waals surface area contributed by atoms with Gasteiger partial charge >= 0.3 is 11.6 Å². The van der Waals surface area contributed by atoms with Crippen LogP contribution in [0.2, 0.25) is 0 Å². The van der Waals surface area contributed by atoms with Gasteiger partial charge in [0.25, 0.3) is 0 Å². The van der Waals surface area contributed by atoms with Gasteiger partial charge in [-0.25, -0.2) is 0 Å². The highest BCUT2D eigenvalue weighted by Gasteiger charge is 2.31. The summed E-state index contributed by atoms with van der Waals surface area (Å²) in [5, 5.41) is 14.5. The van der Waals surface area contributed by atoms with Gasteiger partial charge in [0, 0.05) is 5.92 Å². The number of nitrogen functional groups attached to an aromatic ring is 1. The quantitative estimate of drug-likeness (QED) is 0.597. The van der Waals surface area contributed by atoms with E-state index in [0.29, 0.717) is 5.69 Å². The van der Waals surface area contributed by atoms with Crippen molar-refractivity contribution in [2.45, 2.75) is 38.0 Å². The zero-order valence-electron chi connectivity index (χ0n) is 8.31. The molecular weight excluding hydrogens is 198 g/mol. The van der Waals surface area contributed by atoms with Crippen LogP contribution in [0.3, 0.4) is 0 Å². The molecule has 1 aromatic rings. The number of hydrogen-bond acceptors (Lipinski definition) is 5. The van der Waals surface area contributed by atoms with E-state index in [1.165, 1.54) is 6.42 Å². The van der Waals surface area contributed by atoms with Crippen molar-refractivity contribution in [3.05, 3.63) is 15.8 Å². The largest absolute Gasteiger partial charge is 0.362 e. The first kappa shape index (κ1) is 9.95. The second kappa shape index (κ2) is 3.88. The predicted molar refractivity (Wildman–Crippen MR) is 53.4 cm³/mol. The lowest BCUT2D eigenvalue weighted by Crippen LogP contribution is -2.07. The van der Waals surface area contributed by atoms with Crippen molar-refractivity contribution in [1.29, 1.82) is 0 Å². The fourth-order valence-electron chi connectivity index (χ4n) is 2.14. The molecule has 0 aliphatic heterocycles. The number of rotatable bonds is 2. The number of aromatic nitrogens is 1. The lowest BCUT2D eigenvalue weighted by Gasteiger charge is -2.18. The molecule has 2 N–H and O–H groups in total. The van der Waals surface area contributed by atoms with Crippen LogP contribution >= 0.6 is 0 Å². The topological polar surface area (TPSA) is 95.2 Å². The summed E-state index contributed by atoms with van der Waals surface area (Å²) in [5.74, 6) is -0.0410. The average molecular weight is 211 g/mol. The third-order valence-electron chi connectivity index (χ3n) is 2.89. The van der Waals surface area contributed by atoms with Gasteiger partial charge in [-0.2, -0.15) is 0 Å². The number of nitrogens with two attached hydrogens (primary N) is 1. The van der Waals surface area contributed by atoms with Crippen molar-refractivity contribution in [3.8, 4) is 0 Å². The highest BCUT2D eigenvalue weighted by atomic mass is 16.6. The van der Waals surface area contributed by atoms with Crippen LogP contribution in [-0.2, 0) is 0 Å². The minimum atomic E-state index is -0.504. The molecule has 6 nitrogen and oxygen atoms in total. The van der Waals surface area contributed by atoms with E-state index in [0.717, 1.165) is 25.7 Å². The summed E-state index contributed by atoms with van der Waals surface area (Å²) in [6.45, 7) is 0. The van der Waals surface area contributed by atoms with Crippen LogP contribution in [-0.4, -0.2) is 10.1 Å². The van der Waals surface area contributed by atoms with E-state index in [4.69, 9.17) is 10.3 Å². The van der Waals surface area contributed by atoms with Crippen molar-refractivity contribution in [2.75, 3.05) is 5.73 Å². The van der Waals surface area contributed by atoms with Crippen LogP contribution in [0.5, 0.6) is 0 Å². The Morgan fingerprint density at radius 3 is 2.67 bits per heavy atom. The van der Waals surface area contributed by atoms with Crippen LogP contribution in [0.1, 0.15) is 43.7 Å². The van der Waals surface area contributed by atoms with Gasteiger partial charge in [-0.3, -0.25) is 10.1 Å². The molecule has 1 heterocycles. The molecule has 0 aromatic carbocycles. The van der Waals surface area contributed by atoms with Gasteiger partial charge in [-0.05, 0) is 12.8 Å². The third-order valence-corrected chi connectivity index (χ3v) is 2.89. The van der Waals surface area contributed by atoms with E-state index >= 15 is 0 Å². The maximum Gasteiger partial charge on any atom is 0.356 e. The Morgan fingerprint density at radius 2 is 2.07 bits per heavy atom. The van der Waals surface area contributed by atoms with Crippen molar-refractivity contribution >= 4 is 11.6 Å². The standard InChI is InChI=1S/C9H13N3O3/c10-9-8(12(13)14)7(11-15-9)6-4-2-1-3-5-6/h6H,1-5,10H2. The molecule has 0 unspecified atom stereocenters. The summed E-state index contributed by atoms with van der Waals surface area (Å²) in [6.07, 6.45) is 5.25. The Balaban J connectivity index is 2.30. The van der Waals surface area contributed by atoms with Gasteiger partial charge < -0.3 is 10.3 Å². The fraction of sp³-hybridized carbons (Fsp3) is 0.667. The van der Waals surface area contributed by atoms with E-state index in [9.17, 15) is 10.1 Å². The van der Waals surface area contributed by atoms with Gasteiger partial charge in [0.15, 0.2) is 5.69 Å². The molecule has 1 aromatic heterocycles. The van der Waals surface area contributed by atoms with Gasteiger partial charge in [0.05, 0.1) is 4.92 Å². The molecule has 6 heteroatoms. The second-order valence-electron chi connectivity index (χ2n) is 3.87. The van der Waals surface area contributed by atoms with Gasteiger partial charge in [-0.1, -0.05) is 24.4 Å².